The van der Waals surface area contributed by atoms with Gasteiger partial charge < -0.3 is 5.32 Å². The molecule has 0 bridgehead atoms. The van der Waals surface area contributed by atoms with Gasteiger partial charge in [0.05, 0.1) is 21.2 Å². The Hall–Kier alpha value is -2.90. The van der Waals surface area contributed by atoms with Gasteiger partial charge in [0.1, 0.15) is 5.82 Å². The van der Waals surface area contributed by atoms with Gasteiger partial charge in [0.2, 0.25) is 0 Å². The van der Waals surface area contributed by atoms with Crippen LogP contribution in [0.2, 0.25) is 5.02 Å². The van der Waals surface area contributed by atoms with Crippen LogP contribution in [0, 0.1) is 12.7 Å². The summed E-state index contributed by atoms with van der Waals surface area (Å²) >= 11 is 6.17. The number of carbonyl (C=O) groups excluding carboxylic acids is 1. The molecule has 0 heterocycles. The smallest absolute Gasteiger partial charge is 0.261 e. The van der Waals surface area contributed by atoms with Gasteiger partial charge in [-0.05, 0) is 55.0 Å². The predicted octanol–water partition coefficient (Wildman–Crippen LogP) is 4.52. The van der Waals surface area contributed by atoms with Crippen molar-refractivity contribution in [3.05, 3.63) is 94.3 Å². The van der Waals surface area contributed by atoms with Gasteiger partial charge in [-0.3, -0.25) is 9.52 Å². The monoisotopic (exact) mass is 432 g/mol. The van der Waals surface area contributed by atoms with Crippen molar-refractivity contribution in [1.29, 1.82) is 0 Å². The molecule has 0 aliphatic carbocycles. The second kappa shape index (κ2) is 8.63. The highest BCUT2D eigenvalue weighted by Gasteiger charge is 2.16. The molecule has 8 heteroatoms. The summed E-state index contributed by atoms with van der Waals surface area (Å²) in [4.78, 5) is 12.5. The van der Waals surface area contributed by atoms with Crippen molar-refractivity contribution in [2.24, 2.45) is 0 Å². The van der Waals surface area contributed by atoms with Crippen LogP contribution < -0.4 is 10.0 Å². The fourth-order valence-corrected chi connectivity index (χ4v) is 3.93. The van der Waals surface area contributed by atoms with E-state index in [-0.39, 0.29) is 33.5 Å². The highest BCUT2D eigenvalue weighted by molar-refractivity contribution is 7.92. The van der Waals surface area contributed by atoms with E-state index in [0.29, 0.717) is 5.56 Å². The third-order valence-electron chi connectivity index (χ3n) is 4.14. The van der Waals surface area contributed by atoms with Crippen LogP contribution in [-0.4, -0.2) is 14.3 Å². The minimum atomic E-state index is -3.77. The van der Waals surface area contributed by atoms with E-state index >= 15 is 0 Å². The molecular weight excluding hydrogens is 415 g/mol. The van der Waals surface area contributed by atoms with Crippen molar-refractivity contribution in [2.75, 3.05) is 4.72 Å². The minimum Gasteiger partial charge on any atom is -0.348 e. The topological polar surface area (TPSA) is 75.3 Å². The lowest BCUT2D eigenvalue weighted by molar-refractivity contribution is 0.0951. The SMILES string of the molecule is Cc1ccc(S(=O)(=O)Nc2ccc(C(=O)NCc3cccc(F)c3)c(Cl)c2)cc1. The lowest BCUT2D eigenvalue weighted by Gasteiger charge is -2.11. The molecule has 0 radical (unpaired) electrons. The van der Waals surface area contributed by atoms with Crippen LogP contribution in [0.1, 0.15) is 21.5 Å². The molecule has 0 spiro atoms. The number of hydrogen-bond acceptors (Lipinski definition) is 3. The average Bonchev–Trinajstić information content (AvgIpc) is 2.66. The number of nitrogens with one attached hydrogen (secondary N) is 2. The van der Waals surface area contributed by atoms with E-state index in [2.05, 4.69) is 10.0 Å². The zero-order valence-electron chi connectivity index (χ0n) is 15.4. The summed E-state index contributed by atoms with van der Waals surface area (Å²) in [6.45, 7) is 2.00. The first-order valence-corrected chi connectivity index (χ1v) is 10.5. The van der Waals surface area contributed by atoms with Crippen molar-refractivity contribution in [1.82, 2.24) is 5.32 Å². The summed E-state index contributed by atoms with van der Waals surface area (Å²) in [5.74, 6) is -0.841. The molecule has 0 aromatic heterocycles. The highest BCUT2D eigenvalue weighted by Crippen LogP contribution is 2.23. The molecule has 0 fully saturated rings. The van der Waals surface area contributed by atoms with Crippen LogP contribution >= 0.6 is 11.6 Å². The number of benzene rings is 3. The van der Waals surface area contributed by atoms with Gasteiger partial charge in [-0.15, -0.1) is 0 Å². The fraction of sp³-hybridized carbons (Fsp3) is 0.0952. The first kappa shape index (κ1) is 20.8. The molecule has 2 N–H and O–H groups in total. The van der Waals surface area contributed by atoms with E-state index in [1.165, 1.54) is 42.5 Å². The number of rotatable bonds is 6. The van der Waals surface area contributed by atoms with Crippen LogP contribution in [-0.2, 0) is 16.6 Å². The normalized spacial score (nSPS) is 11.1. The molecular formula is C21H18ClFN2O3S. The maximum atomic E-state index is 13.2. The summed E-state index contributed by atoms with van der Waals surface area (Å²) in [5, 5.41) is 2.74. The lowest BCUT2D eigenvalue weighted by atomic mass is 10.1. The lowest BCUT2D eigenvalue weighted by Crippen LogP contribution is -2.23. The summed E-state index contributed by atoms with van der Waals surface area (Å²) in [7, 11) is -3.77. The fourth-order valence-electron chi connectivity index (χ4n) is 2.62. The van der Waals surface area contributed by atoms with Crippen LogP contribution in [0.4, 0.5) is 10.1 Å². The molecule has 0 aliphatic heterocycles. The van der Waals surface area contributed by atoms with E-state index in [0.717, 1.165) is 5.56 Å². The zero-order valence-corrected chi connectivity index (χ0v) is 17.0. The van der Waals surface area contributed by atoms with Crippen molar-refractivity contribution in [3.8, 4) is 0 Å². The first-order valence-electron chi connectivity index (χ1n) is 8.66. The van der Waals surface area contributed by atoms with Crippen LogP contribution in [0.5, 0.6) is 0 Å². The van der Waals surface area contributed by atoms with Gasteiger partial charge in [0.25, 0.3) is 15.9 Å². The standard InChI is InChI=1S/C21H18ClFN2O3S/c1-14-5-8-18(9-6-14)29(27,28)25-17-7-10-19(20(22)12-17)21(26)24-13-15-3-2-4-16(23)11-15/h2-12,25H,13H2,1H3,(H,24,26). The van der Waals surface area contributed by atoms with Gasteiger partial charge in [-0.25, -0.2) is 12.8 Å². The van der Waals surface area contributed by atoms with Gasteiger partial charge in [-0.1, -0.05) is 41.4 Å². The van der Waals surface area contributed by atoms with Gasteiger partial charge in [-0.2, -0.15) is 0 Å². The Morgan fingerprint density at radius 1 is 1.03 bits per heavy atom. The molecule has 29 heavy (non-hydrogen) atoms. The number of aryl methyl sites for hydroxylation is 1. The molecule has 5 nitrogen and oxygen atoms in total. The van der Waals surface area contributed by atoms with Crippen LogP contribution in [0.25, 0.3) is 0 Å². The average molecular weight is 433 g/mol. The third kappa shape index (κ3) is 5.34. The van der Waals surface area contributed by atoms with E-state index in [9.17, 15) is 17.6 Å². The summed E-state index contributed by atoms with van der Waals surface area (Å²) in [6.07, 6.45) is 0. The Morgan fingerprint density at radius 3 is 2.41 bits per heavy atom. The molecule has 150 valence electrons. The third-order valence-corrected chi connectivity index (χ3v) is 5.85. The number of anilines is 1. The van der Waals surface area contributed by atoms with Gasteiger partial charge >= 0.3 is 0 Å². The molecule has 1 amide bonds. The summed E-state index contributed by atoms with van der Waals surface area (Å²) in [6, 6.07) is 16.5. The molecule has 0 unspecified atom stereocenters. The maximum absolute atomic E-state index is 13.2. The second-order valence-corrected chi connectivity index (χ2v) is 8.52. The van der Waals surface area contributed by atoms with E-state index in [1.54, 1.807) is 24.3 Å². The first-order chi connectivity index (χ1) is 13.7. The number of hydrogen-bond donors (Lipinski definition) is 2. The molecule has 0 saturated heterocycles. The number of carbonyl (C=O) groups is 1. The molecule has 3 rings (SSSR count). The van der Waals surface area contributed by atoms with Crippen molar-refractivity contribution in [2.45, 2.75) is 18.4 Å². The molecule has 0 aliphatic rings. The quantitative estimate of drug-likeness (QED) is 0.601. The summed E-state index contributed by atoms with van der Waals surface area (Å²) < 4.78 is 40.6. The van der Waals surface area contributed by atoms with Crippen molar-refractivity contribution >= 4 is 33.2 Å². The Bertz CT molecular complexity index is 1150. The van der Waals surface area contributed by atoms with Crippen molar-refractivity contribution < 1.29 is 17.6 Å². The number of sulfonamides is 1. The maximum Gasteiger partial charge on any atom is 0.261 e. The van der Waals surface area contributed by atoms with E-state index in [4.69, 9.17) is 11.6 Å². The highest BCUT2D eigenvalue weighted by atomic mass is 35.5. The molecule has 3 aromatic rings. The largest absolute Gasteiger partial charge is 0.348 e. The van der Waals surface area contributed by atoms with Crippen LogP contribution in [0.3, 0.4) is 0 Å². The molecule has 0 atom stereocenters. The van der Waals surface area contributed by atoms with Gasteiger partial charge in [0, 0.05) is 6.54 Å². The van der Waals surface area contributed by atoms with Crippen LogP contribution in [0.15, 0.2) is 71.6 Å². The van der Waals surface area contributed by atoms with E-state index in [1.807, 2.05) is 6.92 Å². The zero-order chi connectivity index (χ0) is 21.0. The summed E-state index contributed by atoms with van der Waals surface area (Å²) in [5.41, 5.74) is 1.97. The minimum absolute atomic E-state index is 0.0887. The number of halogens is 2. The van der Waals surface area contributed by atoms with Gasteiger partial charge in [0.15, 0.2) is 0 Å². The Morgan fingerprint density at radius 2 is 1.76 bits per heavy atom. The Labute approximate surface area is 173 Å². The van der Waals surface area contributed by atoms with Crippen molar-refractivity contribution in [3.63, 3.8) is 0 Å². The molecule has 0 saturated carbocycles. The molecule has 3 aromatic carbocycles. The Balaban J connectivity index is 1.71. The Kier molecular flexibility index (Phi) is 6.20. The number of amides is 1. The van der Waals surface area contributed by atoms with E-state index < -0.39 is 15.9 Å². The predicted molar refractivity (Wildman–Crippen MR) is 111 cm³/mol. The second-order valence-electron chi connectivity index (χ2n) is 6.43.